The smallest absolute Gasteiger partial charge is 0.334 e. The van der Waals surface area contributed by atoms with E-state index in [1.165, 1.54) is 6.42 Å². The molecule has 1 aliphatic carbocycles. The monoisotopic (exact) mass is 434 g/mol. The Morgan fingerprint density at radius 3 is 2.70 bits per heavy atom. The first-order valence-corrected chi connectivity index (χ1v) is 10.7. The van der Waals surface area contributed by atoms with E-state index in [1.54, 1.807) is 6.20 Å². The molecule has 0 amide bonds. The lowest BCUT2D eigenvalue weighted by molar-refractivity contribution is -0.0685. The summed E-state index contributed by atoms with van der Waals surface area (Å²) < 4.78 is 10.4. The van der Waals surface area contributed by atoms with Crippen molar-refractivity contribution >= 4 is 32.8 Å². The number of nitrogens with zero attached hydrogens (tertiary/aromatic N) is 4. The largest absolute Gasteiger partial charge is 0.373 e. The molecule has 0 aromatic carbocycles. The highest BCUT2D eigenvalue weighted by atomic mass is 79.9. The number of allylic oxidation sites excluding steroid dienone is 2. The Hall–Kier alpha value is -1.44. The second-order valence-electron chi connectivity index (χ2n) is 7.72. The van der Waals surface area contributed by atoms with Gasteiger partial charge in [0.25, 0.3) is 0 Å². The van der Waals surface area contributed by atoms with Crippen molar-refractivity contribution in [3.05, 3.63) is 33.3 Å². The topological polar surface area (TPSA) is 52.3 Å². The third-order valence-electron chi connectivity index (χ3n) is 5.43. The molecule has 0 bridgehead atoms. The van der Waals surface area contributed by atoms with Crippen LogP contribution in [0.2, 0.25) is 0 Å². The molecule has 4 rings (SSSR count). The third-order valence-corrected chi connectivity index (χ3v) is 5.86. The van der Waals surface area contributed by atoms with Gasteiger partial charge in [-0.05, 0) is 61.5 Å². The zero-order valence-corrected chi connectivity index (χ0v) is 17.6. The van der Waals surface area contributed by atoms with Gasteiger partial charge in [-0.3, -0.25) is 9.47 Å². The van der Waals surface area contributed by atoms with Gasteiger partial charge in [0, 0.05) is 42.5 Å². The van der Waals surface area contributed by atoms with Crippen LogP contribution in [0, 0.1) is 0 Å². The number of hydrogen-bond donors (Lipinski definition) is 0. The summed E-state index contributed by atoms with van der Waals surface area (Å²) in [5.74, 6) is 0. The first kappa shape index (κ1) is 18.9. The normalized spacial score (nSPS) is 24.3. The molecule has 7 heteroatoms. The average Bonchev–Trinajstić information content (AvgIpc) is 2.90. The first-order valence-electron chi connectivity index (χ1n) is 9.87. The third kappa shape index (κ3) is 3.91. The summed E-state index contributed by atoms with van der Waals surface area (Å²) in [5.41, 5.74) is 2.78. The summed E-state index contributed by atoms with van der Waals surface area (Å²) in [6.07, 6.45) is 8.74. The standard InChI is InChI=1S/C20H27BrN4O2/c1-14-12-23(13-15(2)27-14)8-9-24-18-10-16(21)11-22-19(18)25(20(24)26)17-6-4-3-5-7-17/h6,10-11,14-15H,3-5,7-9,12-13H2,1-2H3/t14-,15+. The van der Waals surface area contributed by atoms with Gasteiger partial charge in [-0.2, -0.15) is 0 Å². The SMILES string of the molecule is C[C@@H]1CN(CCn2c(=O)n(C3=CCCCC3)c3ncc(Br)cc32)C[C@H](C)O1. The van der Waals surface area contributed by atoms with Crippen LogP contribution < -0.4 is 5.69 Å². The molecule has 0 unspecified atom stereocenters. The van der Waals surface area contributed by atoms with Crippen molar-refractivity contribution in [2.24, 2.45) is 0 Å². The maximum absolute atomic E-state index is 13.3. The van der Waals surface area contributed by atoms with Crippen LogP contribution in [-0.2, 0) is 11.3 Å². The van der Waals surface area contributed by atoms with Crippen molar-refractivity contribution in [3.8, 4) is 0 Å². The Morgan fingerprint density at radius 2 is 2.00 bits per heavy atom. The Morgan fingerprint density at radius 1 is 1.22 bits per heavy atom. The fourth-order valence-electron chi connectivity index (χ4n) is 4.31. The van der Waals surface area contributed by atoms with Crippen molar-refractivity contribution in [2.45, 2.75) is 58.3 Å². The highest BCUT2D eigenvalue weighted by Crippen LogP contribution is 2.25. The van der Waals surface area contributed by atoms with E-state index in [9.17, 15) is 4.79 Å². The molecule has 2 aromatic heterocycles. The number of hydrogen-bond acceptors (Lipinski definition) is 4. The van der Waals surface area contributed by atoms with Crippen LogP contribution in [0.1, 0.15) is 39.5 Å². The molecular formula is C20H27BrN4O2. The van der Waals surface area contributed by atoms with Gasteiger partial charge in [0.2, 0.25) is 0 Å². The summed E-state index contributed by atoms with van der Waals surface area (Å²) >= 11 is 3.51. The second-order valence-corrected chi connectivity index (χ2v) is 8.64. The van der Waals surface area contributed by atoms with Gasteiger partial charge in [-0.25, -0.2) is 14.3 Å². The number of rotatable bonds is 4. The van der Waals surface area contributed by atoms with Gasteiger partial charge in [0.15, 0.2) is 5.65 Å². The summed E-state index contributed by atoms with van der Waals surface area (Å²) in [4.78, 5) is 20.3. The van der Waals surface area contributed by atoms with Crippen LogP contribution in [0.4, 0.5) is 0 Å². The Bertz CT molecular complexity index is 907. The van der Waals surface area contributed by atoms with E-state index in [0.29, 0.717) is 6.54 Å². The maximum atomic E-state index is 13.3. The molecule has 27 heavy (non-hydrogen) atoms. The van der Waals surface area contributed by atoms with Crippen LogP contribution in [0.25, 0.3) is 16.9 Å². The molecule has 0 spiro atoms. The molecular weight excluding hydrogens is 408 g/mol. The second kappa shape index (κ2) is 7.89. The maximum Gasteiger partial charge on any atom is 0.334 e. The van der Waals surface area contributed by atoms with E-state index in [-0.39, 0.29) is 17.9 Å². The van der Waals surface area contributed by atoms with E-state index in [2.05, 4.69) is 45.7 Å². The summed E-state index contributed by atoms with van der Waals surface area (Å²) in [5, 5.41) is 0. The quantitative estimate of drug-likeness (QED) is 0.738. The number of ether oxygens (including phenoxy) is 1. The number of pyridine rings is 1. The first-order chi connectivity index (χ1) is 13.0. The minimum absolute atomic E-state index is 0.0260. The highest BCUT2D eigenvalue weighted by molar-refractivity contribution is 9.10. The fourth-order valence-corrected chi connectivity index (χ4v) is 4.63. The van der Waals surface area contributed by atoms with E-state index in [0.717, 1.165) is 60.2 Å². The zero-order valence-electron chi connectivity index (χ0n) is 16.0. The van der Waals surface area contributed by atoms with Crippen LogP contribution in [0.15, 0.2) is 27.6 Å². The Balaban J connectivity index is 1.67. The summed E-state index contributed by atoms with van der Waals surface area (Å²) in [7, 11) is 0. The number of aromatic nitrogens is 3. The molecule has 3 heterocycles. The molecule has 146 valence electrons. The van der Waals surface area contributed by atoms with Crippen molar-refractivity contribution < 1.29 is 4.74 Å². The predicted octanol–water partition coefficient (Wildman–Crippen LogP) is 3.48. The van der Waals surface area contributed by atoms with Gasteiger partial charge in [-0.15, -0.1) is 0 Å². The Kier molecular flexibility index (Phi) is 5.53. The summed E-state index contributed by atoms with van der Waals surface area (Å²) in [6.45, 7) is 7.53. The molecule has 6 nitrogen and oxygen atoms in total. The van der Waals surface area contributed by atoms with Gasteiger partial charge < -0.3 is 4.74 Å². The molecule has 0 radical (unpaired) electrons. The van der Waals surface area contributed by atoms with E-state index in [1.807, 2.05) is 15.2 Å². The van der Waals surface area contributed by atoms with Gasteiger partial charge >= 0.3 is 5.69 Å². The lowest BCUT2D eigenvalue weighted by Gasteiger charge is -2.35. The lowest BCUT2D eigenvalue weighted by Crippen LogP contribution is -2.46. The van der Waals surface area contributed by atoms with Crippen molar-refractivity contribution in [2.75, 3.05) is 19.6 Å². The molecule has 0 saturated carbocycles. The van der Waals surface area contributed by atoms with Gasteiger partial charge in [0.05, 0.1) is 17.7 Å². The van der Waals surface area contributed by atoms with Crippen LogP contribution in [0.5, 0.6) is 0 Å². The predicted molar refractivity (Wildman–Crippen MR) is 111 cm³/mol. The number of morpholine rings is 1. The minimum atomic E-state index is 0.0260. The average molecular weight is 435 g/mol. The van der Waals surface area contributed by atoms with Crippen LogP contribution >= 0.6 is 15.9 Å². The molecule has 2 aromatic rings. The van der Waals surface area contributed by atoms with Crippen molar-refractivity contribution in [1.29, 1.82) is 0 Å². The van der Waals surface area contributed by atoms with Gasteiger partial charge in [0.1, 0.15) is 0 Å². The lowest BCUT2D eigenvalue weighted by atomic mass is 10.0. The molecule has 0 N–H and O–H groups in total. The van der Waals surface area contributed by atoms with E-state index < -0.39 is 0 Å². The molecule has 1 aliphatic heterocycles. The van der Waals surface area contributed by atoms with Crippen molar-refractivity contribution in [1.82, 2.24) is 19.0 Å². The summed E-state index contributed by atoms with van der Waals surface area (Å²) in [6, 6.07) is 2.01. The highest BCUT2D eigenvalue weighted by Gasteiger charge is 2.23. The van der Waals surface area contributed by atoms with Gasteiger partial charge in [-0.1, -0.05) is 6.08 Å². The number of halogens is 1. The van der Waals surface area contributed by atoms with Crippen molar-refractivity contribution in [3.63, 3.8) is 0 Å². The Labute approximate surface area is 167 Å². The van der Waals surface area contributed by atoms with E-state index in [4.69, 9.17) is 4.74 Å². The molecule has 1 saturated heterocycles. The fraction of sp³-hybridized carbons (Fsp3) is 0.600. The van der Waals surface area contributed by atoms with E-state index >= 15 is 0 Å². The molecule has 1 fully saturated rings. The zero-order chi connectivity index (χ0) is 19.0. The molecule has 2 atom stereocenters. The van der Waals surface area contributed by atoms with Crippen LogP contribution in [-0.4, -0.2) is 50.9 Å². The van der Waals surface area contributed by atoms with Crippen LogP contribution in [0.3, 0.4) is 0 Å². The number of fused-ring (bicyclic) bond motifs is 1. The number of imidazole rings is 1. The minimum Gasteiger partial charge on any atom is -0.373 e. The molecule has 2 aliphatic rings.